The zero-order valence-electron chi connectivity index (χ0n) is 12.1. The van der Waals surface area contributed by atoms with Gasteiger partial charge in [-0.2, -0.15) is 0 Å². The number of nitrogens with zero attached hydrogens (tertiary/aromatic N) is 5. The third-order valence-electron chi connectivity index (χ3n) is 3.46. The Bertz CT molecular complexity index is 587. The second-order valence-corrected chi connectivity index (χ2v) is 6.46. The van der Waals surface area contributed by atoms with Crippen molar-refractivity contribution in [2.45, 2.75) is 46.4 Å². The van der Waals surface area contributed by atoms with Crippen LogP contribution in [0.3, 0.4) is 0 Å². The van der Waals surface area contributed by atoms with Crippen LogP contribution in [0, 0.1) is 6.92 Å². The quantitative estimate of drug-likeness (QED) is 0.927. The Morgan fingerprint density at radius 2 is 2.25 bits per heavy atom. The van der Waals surface area contributed by atoms with Gasteiger partial charge in [0.2, 0.25) is 0 Å². The lowest BCUT2D eigenvalue weighted by Crippen LogP contribution is -2.33. The van der Waals surface area contributed by atoms with Gasteiger partial charge >= 0.3 is 0 Å². The van der Waals surface area contributed by atoms with E-state index in [0.717, 1.165) is 42.8 Å². The van der Waals surface area contributed by atoms with Gasteiger partial charge < -0.3 is 14.8 Å². The van der Waals surface area contributed by atoms with Gasteiger partial charge in [-0.05, 0) is 6.92 Å². The minimum absolute atomic E-state index is 0.494. The van der Waals surface area contributed by atoms with Crippen molar-refractivity contribution in [1.82, 2.24) is 25.1 Å². The molecule has 108 valence electrons. The second kappa shape index (κ2) is 5.49. The van der Waals surface area contributed by atoms with Crippen molar-refractivity contribution >= 4 is 16.5 Å². The lowest BCUT2D eigenvalue weighted by Gasteiger charge is -2.26. The van der Waals surface area contributed by atoms with Crippen molar-refractivity contribution in [1.29, 1.82) is 0 Å². The molecule has 3 heterocycles. The van der Waals surface area contributed by atoms with Crippen molar-refractivity contribution < 1.29 is 0 Å². The Hall–Kier alpha value is -1.47. The number of aryl methyl sites for hydroxylation is 1. The fourth-order valence-electron chi connectivity index (χ4n) is 2.24. The highest BCUT2D eigenvalue weighted by atomic mass is 32.1. The van der Waals surface area contributed by atoms with Gasteiger partial charge in [-0.25, -0.2) is 4.98 Å². The Kier molecular flexibility index (Phi) is 3.71. The van der Waals surface area contributed by atoms with Crippen LogP contribution >= 0.6 is 11.3 Å². The molecule has 0 saturated carbocycles. The van der Waals surface area contributed by atoms with Crippen molar-refractivity contribution in [2.75, 3.05) is 11.4 Å². The normalized spacial score (nSPS) is 14.9. The summed E-state index contributed by atoms with van der Waals surface area (Å²) >= 11 is 1.78. The molecule has 0 atom stereocenters. The van der Waals surface area contributed by atoms with Gasteiger partial charge in [0.25, 0.3) is 0 Å². The third-order valence-corrected chi connectivity index (χ3v) is 4.68. The van der Waals surface area contributed by atoms with Gasteiger partial charge in [0, 0.05) is 30.6 Å². The van der Waals surface area contributed by atoms with E-state index in [1.165, 1.54) is 4.88 Å². The molecule has 0 fully saturated rings. The molecule has 0 spiro atoms. The predicted octanol–water partition coefficient (Wildman–Crippen LogP) is 1.56. The summed E-state index contributed by atoms with van der Waals surface area (Å²) in [4.78, 5) is 8.33. The molecule has 0 aromatic carbocycles. The summed E-state index contributed by atoms with van der Waals surface area (Å²) in [6.07, 6.45) is 1.80. The van der Waals surface area contributed by atoms with E-state index in [1.54, 1.807) is 17.7 Å². The third kappa shape index (κ3) is 2.69. The molecule has 1 N–H and O–H groups in total. The summed E-state index contributed by atoms with van der Waals surface area (Å²) in [5, 5.41) is 12.7. The van der Waals surface area contributed by atoms with Gasteiger partial charge in [-0.3, -0.25) is 0 Å². The van der Waals surface area contributed by atoms with Gasteiger partial charge in [0.05, 0.1) is 12.2 Å². The maximum atomic E-state index is 4.72. The monoisotopic (exact) mass is 292 g/mol. The van der Waals surface area contributed by atoms with E-state index in [9.17, 15) is 0 Å². The number of hydrogen-bond donors (Lipinski definition) is 1. The first-order valence-corrected chi connectivity index (χ1v) is 7.76. The van der Waals surface area contributed by atoms with Crippen LogP contribution in [0.5, 0.6) is 0 Å². The summed E-state index contributed by atoms with van der Waals surface area (Å²) < 4.78 is 2.11. The van der Waals surface area contributed by atoms with Gasteiger partial charge in [-0.15, -0.1) is 21.5 Å². The zero-order valence-corrected chi connectivity index (χ0v) is 12.9. The summed E-state index contributed by atoms with van der Waals surface area (Å²) in [7, 11) is 0. The topological polar surface area (TPSA) is 58.9 Å². The lowest BCUT2D eigenvalue weighted by atomic mass is 10.3. The molecule has 2 aromatic rings. The Morgan fingerprint density at radius 1 is 1.40 bits per heavy atom. The molecule has 0 unspecified atom stereocenters. The highest BCUT2D eigenvalue weighted by Gasteiger charge is 2.21. The molecule has 0 radical (unpaired) electrons. The number of rotatable bonds is 4. The van der Waals surface area contributed by atoms with E-state index in [-0.39, 0.29) is 0 Å². The van der Waals surface area contributed by atoms with E-state index in [1.807, 2.05) is 0 Å². The smallest absolute Gasteiger partial charge is 0.186 e. The molecule has 20 heavy (non-hydrogen) atoms. The maximum Gasteiger partial charge on any atom is 0.186 e. The minimum Gasteiger partial charge on any atom is -0.339 e. The number of hydrogen-bond acceptors (Lipinski definition) is 6. The van der Waals surface area contributed by atoms with E-state index >= 15 is 0 Å². The molecule has 1 aliphatic rings. The number of fused-ring (bicyclic) bond motifs is 1. The molecule has 7 heteroatoms. The largest absolute Gasteiger partial charge is 0.339 e. The minimum atomic E-state index is 0.494. The van der Waals surface area contributed by atoms with Crippen LogP contribution in [0.15, 0.2) is 6.33 Å². The molecule has 3 rings (SSSR count). The van der Waals surface area contributed by atoms with E-state index in [2.05, 4.69) is 45.8 Å². The number of anilines is 1. The van der Waals surface area contributed by atoms with E-state index in [4.69, 9.17) is 4.98 Å². The van der Waals surface area contributed by atoms with Crippen LogP contribution in [0.4, 0.5) is 5.13 Å². The molecular weight excluding hydrogens is 272 g/mol. The summed E-state index contributed by atoms with van der Waals surface area (Å²) in [5.74, 6) is 1.02. The molecule has 0 bridgehead atoms. The van der Waals surface area contributed by atoms with Crippen molar-refractivity contribution in [3.63, 3.8) is 0 Å². The first-order chi connectivity index (χ1) is 9.63. The molecule has 1 aliphatic heterocycles. The van der Waals surface area contributed by atoms with Crippen LogP contribution in [0.25, 0.3) is 0 Å². The van der Waals surface area contributed by atoms with Crippen LogP contribution in [-0.2, 0) is 19.6 Å². The average Bonchev–Trinajstić information content (AvgIpc) is 3.01. The van der Waals surface area contributed by atoms with E-state index < -0.39 is 0 Å². The molecule has 0 amide bonds. The molecule has 0 aliphatic carbocycles. The fourth-order valence-corrected chi connectivity index (χ4v) is 3.28. The van der Waals surface area contributed by atoms with Gasteiger partial charge in [0.15, 0.2) is 11.0 Å². The summed E-state index contributed by atoms with van der Waals surface area (Å²) in [6.45, 7) is 10.00. The van der Waals surface area contributed by atoms with Crippen LogP contribution < -0.4 is 10.2 Å². The SMILES string of the molecule is Cc1nc(N2CCn3cnnc3C2)sc1CNC(C)C. The van der Waals surface area contributed by atoms with E-state index in [0.29, 0.717) is 6.04 Å². The Morgan fingerprint density at radius 3 is 3.05 bits per heavy atom. The number of aromatic nitrogens is 4. The summed E-state index contributed by atoms with van der Waals surface area (Å²) in [5.41, 5.74) is 1.13. The van der Waals surface area contributed by atoms with Crippen molar-refractivity contribution in [2.24, 2.45) is 0 Å². The standard InChI is InChI=1S/C13H20N6S/c1-9(2)14-6-11-10(3)16-13(20-11)18-4-5-19-8-15-17-12(19)7-18/h8-9,14H,4-7H2,1-3H3. The first kappa shape index (κ1) is 13.5. The van der Waals surface area contributed by atoms with Gasteiger partial charge in [0.1, 0.15) is 6.33 Å². The lowest BCUT2D eigenvalue weighted by molar-refractivity contribution is 0.559. The highest BCUT2D eigenvalue weighted by Crippen LogP contribution is 2.28. The highest BCUT2D eigenvalue weighted by molar-refractivity contribution is 7.15. The zero-order chi connectivity index (χ0) is 14.1. The Balaban J connectivity index is 1.73. The van der Waals surface area contributed by atoms with Crippen LogP contribution in [0.2, 0.25) is 0 Å². The summed E-state index contributed by atoms with van der Waals surface area (Å²) in [6, 6.07) is 0.494. The number of thiazole rings is 1. The second-order valence-electron chi connectivity index (χ2n) is 5.40. The maximum absolute atomic E-state index is 4.72. The number of nitrogens with one attached hydrogen (secondary N) is 1. The van der Waals surface area contributed by atoms with Crippen molar-refractivity contribution in [3.8, 4) is 0 Å². The molecule has 6 nitrogen and oxygen atoms in total. The Labute approximate surface area is 122 Å². The first-order valence-electron chi connectivity index (χ1n) is 6.95. The molecule has 2 aromatic heterocycles. The average molecular weight is 292 g/mol. The van der Waals surface area contributed by atoms with Crippen LogP contribution in [-0.4, -0.2) is 32.3 Å². The predicted molar refractivity (Wildman–Crippen MR) is 79.9 cm³/mol. The fraction of sp³-hybridized carbons (Fsp3) is 0.615. The molecule has 0 saturated heterocycles. The van der Waals surface area contributed by atoms with Crippen LogP contribution in [0.1, 0.15) is 30.2 Å². The molecular formula is C13H20N6S. The van der Waals surface area contributed by atoms with Crippen molar-refractivity contribution in [3.05, 3.63) is 22.7 Å². The van der Waals surface area contributed by atoms with Gasteiger partial charge in [-0.1, -0.05) is 13.8 Å².